The second-order valence-corrected chi connectivity index (χ2v) is 11.8. The van der Waals surface area contributed by atoms with Crippen molar-refractivity contribution in [1.82, 2.24) is 10.2 Å². The lowest BCUT2D eigenvalue weighted by atomic mass is 10.00. The summed E-state index contributed by atoms with van der Waals surface area (Å²) in [5, 5.41) is 3.81. The SMILES string of the molecule is COc1cccc(CN(C(=O)CCCSc2ccc(Cl)cc2)[C@@H](Cc2ccccc2)C(=O)NC(C)(C)C)c1. The average molecular weight is 553 g/mol. The molecule has 0 bridgehead atoms. The van der Waals surface area contributed by atoms with Crippen molar-refractivity contribution in [3.05, 3.63) is 95.0 Å². The molecule has 0 aliphatic rings. The number of benzene rings is 3. The van der Waals surface area contributed by atoms with Gasteiger partial charge in [-0.1, -0.05) is 54.1 Å². The highest BCUT2D eigenvalue weighted by atomic mass is 35.5. The first-order valence-corrected chi connectivity index (χ1v) is 14.2. The van der Waals surface area contributed by atoms with Crippen LogP contribution in [0.25, 0.3) is 0 Å². The minimum atomic E-state index is -0.653. The van der Waals surface area contributed by atoms with Gasteiger partial charge >= 0.3 is 0 Å². The summed E-state index contributed by atoms with van der Waals surface area (Å²) in [6.07, 6.45) is 1.47. The third-order valence-electron chi connectivity index (χ3n) is 5.87. The van der Waals surface area contributed by atoms with Crippen molar-refractivity contribution < 1.29 is 14.3 Å². The van der Waals surface area contributed by atoms with E-state index in [0.717, 1.165) is 21.8 Å². The van der Waals surface area contributed by atoms with Gasteiger partial charge in [0, 0.05) is 34.8 Å². The molecule has 0 fully saturated rings. The molecular weight excluding hydrogens is 516 g/mol. The zero-order chi connectivity index (χ0) is 27.5. The Morgan fingerprint density at radius 1 is 0.974 bits per heavy atom. The summed E-state index contributed by atoms with van der Waals surface area (Å²) in [4.78, 5) is 30.2. The minimum absolute atomic E-state index is 0.0467. The third kappa shape index (κ3) is 9.73. The maximum Gasteiger partial charge on any atom is 0.243 e. The van der Waals surface area contributed by atoms with Crippen molar-refractivity contribution in [2.24, 2.45) is 0 Å². The highest BCUT2D eigenvalue weighted by molar-refractivity contribution is 7.99. The van der Waals surface area contributed by atoms with E-state index in [-0.39, 0.29) is 11.8 Å². The fourth-order valence-electron chi connectivity index (χ4n) is 4.06. The molecule has 2 amide bonds. The second kappa shape index (κ2) is 14.3. The lowest BCUT2D eigenvalue weighted by Crippen LogP contribution is -2.54. The molecule has 5 nitrogen and oxygen atoms in total. The first-order valence-electron chi connectivity index (χ1n) is 12.8. The van der Waals surface area contributed by atoms with Gasteiger partial charge in [-0.3, -0.25) is 9.59 Å². The van der Waals surface area contributed by atoms with Crippen LogP contribution in [0.3, 0.4) is 0 Å². The van der Waals surface area contributed by atoms with E-state index in [0.29, 0.717) is 36.6 Å². The minimum Gasteiger partial charge on any atom is -0.497 e. The number of carbonyl (C=O) groups is 2. The Labute approximate surface area is 235 Å². The average Bonchev–Trinajstić information content (AvgIpc) is 2.89. The van der Waals surface area contributed by atoms with Crippen LogP contribution in [0, 0.1) is 0 Å². The maximum atomic E-state index is 13.7. The van der Waals surface area contributed by atoms with Crippen LogP contribution in [0.5, 0.6) is 5.75 Å². The normalized spacial score (nSPS) is 12.0. The maximum absolute atomic E-state index is 13.7. The monoisotopic (exact) mass is 552 g/mol. The molecule has 0 unspecified atom stereocenters. The van der Waals surface area contributed by atoms with Crippen molar-refractivity contribution in [2.45, 2.75) is 63.1 Å². The van der Waals surface area contributed by atoms with Crippen molar-refractivity contribution in [2.75, 3.05) is 12.9 Å². The van der Waals surface area contributed by atoms with Gasteiger partial charge in [-0.05, 0) is 80.5 Å². The van der Waals surface area contributed by atoms with Crippen LogP contribution in [-0.2, 0) is 22.6 Å². The van der Waals surface area contributed by atoms with E-state index in [1.165, 1.54) is 0 Å². The van der Waals surface area contributed by atoms with Crippen LogP contribution in [0.4, 0.5) is 0 Å². The molecule has 0 aromatic heterocycles. The second-order valence-electron chi connectivity index (χ2n) is 10.2. The Morgan fingerprint density at radius 3 is 2.32 bits per heavy atom. The van der Waals surface area contributed by atoms with E-state index in [1.807, 2.05) is 99.6 Å². The van der Waals surface area contributed by atoms with Crippen LogP contribution >= 0.6 is 23.4 Å². The molecule has 0 saturated heterocycles. The predicted molar refractivity (Wildman–Crippen MR) is 157 cm³/mol. The molecule has 3 aromatic carbocycles. The largest absolute Gasteiger partial charge is 0.497 e. The van der Waals surface area contributed by atoms with Crippen molar-refractivity contribution in [3.8, 4) is 5.75 Å². The quantitative estimate of drug-likeness (QED) is 0.199. The number of thioether (sulfide) groups is 1. The lowest BCUT2D eigenvalue weighted by molar-refractivity contribution is -0.142. The number of halogens is 1. The number of amides is 2. The summed E-state index contributed by atoms with van der Waals surface area (Å²) >= 11 is 7.68. The van der Waals surface area contributed by atoms with Gasteiger partial charge in [0.05, 0.1) is 7.11 Å². The number of rotatable bonds is 12. The molecule has 202 valence electrons. The summed E-state index contributed by atoms with van der Waals surface area (Å²) in [5.41, 5.74) is 1.49. The number of carbonyl (C=O) groups excluding carboxylic acids is 2. The fraction of sp³-hybridized carbons (Fsp3) is 0.355. The van der Waals surface area contributed by atoms with Gasteiger partial charge in [-0.15, -0.1) is 11.8 Å². The molecule has 7 heteroatoms. The van der Waals surface area contributed by atoms with E-state index in [1.54, 1.807) is 23.8 Å². The van der Waals surface area contributed by atoms with E-state index in [9.17, 15) is 9.59 Å². The Morgan fingerprint density at radius 2 is 1.66 bits per heavy atom. The summed E-state index contributed by atoms with van der Waals surface area (Å²) < 4.78 is 5.40. The zero-order valence-corrected chi connectivity index (χ0v) is 24.1. The molecule has 0 aliphatic carbocycles. The van der Waals surface area contributed by atoms with Crippen molar-refractivity contribution in [1.29, 1.82) is 0 Å². The van der Waals surface area contributed by atoms with Crippen molar-refractivity contribution in [3.63, 3.8) is 0 Å². The van der Waals surface area contributed by atoms with Crippen LogP contribution in [0.1, 0.15) is 44.7 Å². The number of hydrogen-bond donors (Lipinski definition) is 1. The summed E-state index contributed by atoms with van der Waals surface area (Å²) in [7, 11) is 1.62. The highest BCUT2D eigenvalue weighted by Gasteiger charge is 2.32. The molecule has 0 aliphatic heterocycles. The number of nitrogens with zero attached hydrogens (tertiary/aromatic N) is 1. The smallest absolute Gasteiger partial charge is 0.243 e. The Kier molecular flexibility index (Phi) is 11.1. The van der Waals surface area contributed by atoms with Gasteiger partial charge in [0.25, 0.3) is 0 Å². The molecule has 3 rings (SSSR count). The molecule has 38 heavy (non-hydrogen) atoms. The van der Waals surface area contributed by atoms with E-state index in [2.05, 4.69) is 5.32 Å². The molecule has 1 N–H and O–H groups in total. The number of hydrogen-bond acceptors (Lipinski definition) is 4. The van der Waals surface area contributed by atoms with E-state index < -0.39 is 11.6 Å². The number of methoxy groups -OCH3 is 1. The molecule has 0 radical (unpaired) electrons. The Hall–Kier alpha value is -2.96. The van der Waals surface area contributed by atoms with Crippen LogP contribution < -0.4 is 10.1 Å². The van der Waals surface area contributed by atoms with E-state index >= 15 is 0 Å². The van der Waals surface area contributed by atoms with Crippen LogP contribution in [0.2, 0.25) is 5.02 Å². The topological polar surface area (TPSA) is 58.6 Å². The van der Waals surface area contributed by atoms with Crippen LogP contribution in [-0.4, -0.2) is 41.2 Å². The van der Waals surface area contributed by atoms with Crippen molar-refractivity contribution >= 4 is 35.2 Å². The first-order chi connectivity index (χ1) is 18.1. The summed E-state index contributed by atoms with van der Waals surface area (Å²) in [6, 6.07) is 24.5. The molecule has 0 spiro atoms. The zero-order valence-electron chi connectivity index (χ0n) is 22.6. The first kappa shape index (κ1) is 29.6. The van der Waals surface area contributed by atoms with Gasteiger partial charge in [0.2, 0.25) is 11.8 Å². The predicted octanol–water partition coefficient (Wildman–Crippen LogP) is 6.78. The van der Waals surface area contributed by atoms with Crippen LogP contribution in [0.15, 0.2) is 83.8 Å². The molecule has 0 saturated carbocycles. The Bertz CT molecular complexity index is 1180. The summed E-state index contributed by atoms with van der Waals surface area (Å²) in [6.45, 7) is 6.17. The number of nitrogens with one attached hydrogen (secondary N) is 1. The van der Waals surface area contributed by atoms with Gasteiger partial charge in [-0.25, -0.2) is 0 Å². The Balaban J connectivity index is 1.82. The van der Waals surface area contributed by atoms with Gasteiger partial charge < -0.3 is 15.0 Å². The molecule has 1 atom stereocenters. The molecule has 0 heterocycles. The molecular formula is C31H37ClN2O3S. The summed E-state index contributed by atoms with van der Waals surface area (Å²) in [5.74, 6) is 1.30. The highest BCUT2D eigenvalue weighted by Crippen LogP contribution is 2.23. The standard InChI is InChI=1S/C31H37ClN2O3S/c1-31(2,3)33-30(36)28(21-23-10-6-5-7-11-23)34(22-24-12-8-13-26(20-24)37-4)29(35)14-9-19-38-27-17-15-25(32)16-18-27/h5-8,10-13,15-18,20,28H,9,14,19,21-22H2,1-4H3,(H,33,36)/t28-/m0/s1. The fourth-order valence-corrected chi connectivity index (χ4v) is 5.04. The van der Waals surface area contributed by atoms with Gasteiger partial charge in [0.15, 0.2) is 0 Å². The number of ether oxygens (including phenoxy) is 1. The molecule has 3 aromatic rings. The van der Waals surface area contributed by atoms with Gasteiger partial charge in [-0.2, -0.15) is 0 Å². The third-order valence-corrected chi connectivity index (χ3v) is 7.22. The van der Waals surface area contributed by atoms with Gasteiger partial charge in [0.1, 0.15) is 11.8 Å². The van der Waals surface area contributed by atoms with E-state index in [4.69, 9.17) is 16.3 Å². The lowest BCUT2D eigenvalue weighted by Gasteiger charge is -2.34.